The number of phenols is 1. The summed E-state index contributed by atoms with van der Waals surface area (Å²) in [5, 5.41) is 19.1. The standard InChI is InChI=1S/C10H8BrNO3/c1-12-7-2-5(11)3-9(13)6(7)4-8(12)10(14)15/h2-4,13H,1H3,(H,14,15). The molecule has 1 aromatic carbocycles. The zero-order valence-electron chi connectivity index (χ0n) is 7.86. The van der Waals surface area contributed by atoms with Crippen LogP contribution in [0.25, 0.3) is 10.9 Å². The number of phenolic OH excluding ortho intramolecular Hbond substituents is 1. The molecule has 0 unspecified atom stereocenters. The number of fused-ring (bicyclic) bond motifs is 1. The molecule has 2 rings (SSSR count). The molecule has 0 amide bonds. The van der Waals surface area contributed by atoms with Crippen molar-refractivity contribution in [2.24, 2.45) is 7.05 Å². The third-order valence-corrected chi connectivity index (χ3v) is 2.78. The number of aryl methyl sites for hydroxylation is 1. The fraction of sp³-hybridized carbons (Fsp3) is 0.100. The Bertz CT molecular complexity index is 559. The summed E-state index contributed by atoms with van der Waals surface area (Å²) in [5.74, 6) is -0.938. The second kappa shape index (κ2) is 3.27. The van der Waals surface area contributed by atoms with Crippen LogP contribution in [-0.4, -0.2) is 20.7 Å². The lowest BCUT2D eigenvalue weighted by atomic mass is 10.2. The molecule has 0 fully saturated rings. The van der Waals surface area contributed by atoms with Gasteiger partial charge in [-0.25, -0.2) is 4.79 Å². The van der Waals surface area contributed by atoms with Gasteiger partial charge < -0.3 is 14.8 Å². The maximum Gasteiger partial charge on any atom is 0.352 e. The SMILES string of the molecule is Cn1c(C(=O)O)cc2c(O)cc(Br)cc21. The molecule has 0 saturated heterocycles. The average molecular weight is 270 g/mol. The molecule has 0 atom stereocenters. The first-order chi connectivity index (χ1) is 7.00. The lowest BCUT2D eigenvalue weighted by Gasteiger charge is -2.00. The van der Waals surface area contributed by atoms with E-state index in [1.165, 1.54) is 16.7 Å². The molecule has 2 aromatic rings. The van der Waals surface area contributed by atoms with E-state index in [4.69, 9.17) is 5.11 Å². The van der Waals surface area contributed by atoms with Crippen LogP contribution < -0.4 is 0 Å². The minimum absolute atomic E-state index is 0.0717. The van der Waals surface area contributed by atoms with E-state index in [-0.39, 0.29) is 11.4 Å². The first-order valence-corrected chi connectivity index (χ1v) is 5.01. The summed E-state index contributed by atoms with van der Waals surface area (Å²) in [6.07, 6.45) is 0. The van der Waals surface area contributed by atoms with Crippen LogP contribution in [0.15, 0.2) is 22.7 Å². The highest BCUT2D eigenvalue weighted by Crippen LogP contribution is 2.31. The molecular weight excluding hydrogens is 262 g/mol. The quantitative estimate of drug-likeness (QED) is 0.836. The van der Waals surface area contributed by atoms with Gasteiger partial charge in [-0.05, 0) is 18.2 Å². The Hall–Kier alpha value is -1.49. The number of nitrogens with zero attached hydrogens (tertiary/aromatic N) is 1. The largest absolute Gasteiger partial charge is 0.507 e. The number of benzene rings is 1. The van der Waals surface area contributed by atoms with Crippen molar-refractivity contribution < 1.29 is 15.0 Å². The molecule has 5 heteroatoms. The Morgan fingerprint density at radius 1 is 1.40 bits per heavy atom. The molecule has 0 saturated carbocycles. The normalized spacial score (nSPS) is 10.8. The fourth-order valence-electron chi connectivity index (χ4n) is 1.58. The van der Waals surface area contributed by atoms with Gasteiger partial charge in [-0.1, -0.05) is 15.9 Å². The van der Waals surface area contributed by atoms with E-state index in [1.807, 2.05) is 0 Å². The van der Waals surface area contributed by atoms with Crippen molar-refractivity contribution in [2.45, 2.75) is 0 Å². The molecule has 15 heavy (non-hydrogen) atoms. The second-order valence-electron chi connectivity index (χ2n) is 3.25. The predicted octanol–water partition coefficient (Wildman–Crippen LogP) is 2.34. The number of hydrogen-bond donors (Lipinski definition) is 2. The third kappa shape index (κ3) is 1.48. The van der Waals surface area contributed by atoms with E-state index in [2.05, 4.69) is 15.9 Å². The highest BCUT2D eigenvalue weighted by molar-refractivity contribution is 9.10. The van der Waals surface area contributed by atoms with Crippen molar-refractivity contribution in [3.05, 3.63) is 28.4 Å². The summed E-state index contributed by atoms with van der Waals surface area (Å²) >= 11 is 3.24. The van der Waals surface area contributed by atoms with Gasteiger partial charge in [0, 0.05) is 16.9 Å². The number of carbonyl (C=O) groups is 1. The number of aromatic hydroxyl groups is 1. The number of aromatic nitrogens is 1. The van der Waals surface area contributed by atoms with Gasteiger partial charge in [0.25, 0.3) is 0 Å². The van der Waals surface area contributed by atoms with E-state index in [1.54, 1.807) is 13.1 Å². The molecule has 0 aliphatic carbocycles. The van der Waals surface area contributed by atoms with Gasteiger partial charge in [-0.15, -0.1) is 0 Å². The van der Waals surface area contributed by atoms with Gasteiger partial charge in [-0.3, -0.25) is 0 Å². The average Bonchev–Trinajstić information content (AvgIpc) is 2.44. The van der Waals surface area contributed by atoms with Gasteiger partial charge in [0.1, 0.15) is 11.4 Å². The Morgan fingerprint density at radius 2 is 2.07 bits per heavy atom. The van der Waals surface area contributed by atoms with E-state index >= 15 is 0 Å². The highest BCUT2D eigenvalue weighted by Gasteiger charge is 2.14. The minimum Gasteiger partial charge on any atom is -0.507 e. The van der Waals surface area contributed by atoms with Crippen molar-refractivity contribution in [2.75, 3.05) is 0 Å². The van der Waals surface area contributed by atoms with Crippen molar-refractivity contribution in [3.63, 3.8) is 0 Å². The lowest BCUT2D eigenvalue weighted by molar-refractivity contribution is 0.0687. The summed E-state index contributed by atoms with van der Waals surface area (Å²) in [5.41, 5.74) is 0.831. The van der Waals surface area contributed by atoms with Crippen LogP contribution in [-0.2, 0) is 7.05 Å². The van der Waals surface area contributed by atoms with Gasteiger partial charge in [0.15, 0.2) is 0 Å². The number of hydrogen-bond acceptors (Lipinski definition) is 2. The zero-order chi connectivity index (χ0) is 11.2. The van der Waals surface area contributed by atoms with Gasteiger partial charge >= 0.3 is 5.97 Å². The smallest absolute Gasteiger partial charge is 0.352 e. The highest BCUT2D eigenvalue weighted by atomic mass is 79.9. The summed E-state index contributed by atoms with van der Waals surface area (Å²) in [6, 6.07) is 4.76. The topological polar surface area (TPSA) is 62.5 Å². The summed E-state index contributed by atoms with van der Waals surface area (Å²) in [4.78, 5) is 10.9. The molecule has 4 nitrogen and oxygen atoms in total. The van der Waals surface area contributed by atoms with E-state index in [9.17, 15) is 9.90 Å². The van der Waals surface area contributed by atoms with Crippen LogP contribution in [0.2, 0.25) is 0 Å². The van der Waals surface area contributed by atoms with Gasteiger partial charge in [0.2, 0.25) is 0 Å². The molecule has 0 aliphatic rings. The van der Waals surface area contributed by atoms with Crippen LogP contribution in [0.5, 0.6) is 5.75 Å². The van der Waals surface area contributed by atoms with Crippen LogP contribution in [0.3, 0.4) is 0 Å². The van der Waals surface area contributed by atoms with E-state index in [0.717, 1.165) is 0 Å². The molecule has 1 aromatic heterocycles. The summed E-state index contributed by atoms with van der Waals surface area (Å²) in [6.45, 7) is 0. The molecule has 78 valence electrons. The summed E-state index contributed by atoms with van der Waals surface area (Å²) < 4.78 is 2.24. The van der Waals surface area contributed by atoms with E-state index < -0.39 is 5.97 Å². The van der Waals surface area contributed by atoms with Crippen molar-refractivity contribution >= 4 is 32.8 Å². The fourth-order valence-corrected chi connectivity index (χ4v) is 2.02. The van der Waals surface area contributed by atoms with Gasteiger partial charge in [0.05, 0.1) is 5.52 Å². The third-order valence-electron chi connectivity index (χ3n) is 2.32. The Morgan fingerprint density at radius 3 is 2.67 bits per heavy atom. The van der Waals surface area contributed by atoms with Crippen molar-refractivity contribution in [1.82, 2.24) is 4.57 Å². The molecule has 0 bridgehead atoms. The molecule has 0 aliphatic heterocycles. The Labute approximate surface area is 93.9 Å². The van der Waals surface area contributed by atoms with Crippen LogP contribution in [0.1, 0.15) is 10.5 Å². The predicted molar refractivity (Wildman–Crippen MR) is 59.2 cm³/mol. The van der Waals surface area contributed by atoms with Crippen molar-refractivity contribution in [3.8, 4) is 5.75 Å². The first-order valence-electron chi connectivity index (χ1n) is 4.22. The lowest BCUT2D eigenvalue weighted by Crippen LogP contribution is -2.03. The Kier molecular flexibility index (Phi) is 2.19. The molecule has 1 heterocycles. The number of halogens is 1. The maximum atomic E-state index is 10.9. The van der Waals surface area contributed by atoms with Gasteiger partial charge in [-0.2, -0.15) is 0 Å². The van der Waals surface area contributed by atoms with Crippen LogP contribution >= 0.6 is 15.9 Å². The monoisotopic (exact) mass is 269 g/mol. The molecule has 2 N–H and O–H groups in total. The van der Waals surface area contributed by atoms with Crippen LogP contribution in [0, 0.1) is 0 Å². The first kappa shape index (κ1) is 10.0. The van der Waals surface area contributed by atoms with Crippen LogP contribution in [0.4, 0.5) is 0 Å². The number of carboxylic acids is 1. The minimum atomic E-state index is -1.01. The zero-order valence-corrected chi connectivity index (χ0v) is 9.45. The van der Waals surface area contributed by atoms with E-state index in [0.29, 0.717) is 15.4 Å². The number of aromatic carboxylic acids is 1. The summed E-state index contributed by atoms with van der Waals surface area (Å²) in [7, 11) is 1.65. The number of carboxylic acid groups (broad SMARTS) is 1. The second-order valence-corrected chi connectivity index (χ2v) is 4.17. The number of rotatable bonds is 1. The molecular formula is C10H8BrNO3. The molecule has 0 spiro atoms. The van der Waals surface area contributed by atoms with Crippen molar-refractivity contribution in [1.29, 1.82) is 0 Å². The maximum absolute atomic E-state index is 10.9. The molecule has 0 radical (unpaired) electrons. The Balaban J connectivity index is 2.88.